The smallest absolute Gasteiger partial charge is 0.345 e. The van der Waals surface area contributed by atoms with Gasteiger partial charge in [0.15, 0.2) is 4.90 Å². The Kier molecular flexibility index (Phi) is 6.10. The molecule has 0 atom stereocenters. The summed E-state index contributed by atoms with van der Waals surface area (Å²) in [5.41, 5.74) is 0. The SMILES string of the molecule is COc1ccc(OC)c(S(=O)(=O)OC(=S)Nc2nc(C)nc(OC)n2)c1. The third-order valence-corrected chi connectivity index (χ3v) is 4.48. The second-order valence-electron chi connectivity index (χ2n) is 4.66. The van der Waals surface area contributed by atoms with Gasteiger partial charge >= 0.3 is 16.1 Å². The van der Waals surface area contributed by atoms with E-state index < -0.39 is 15.3 Å². The van der Waals surface area contributed by atoms with Crippen molar-refractivity contribution in [2.75, 3.05) is 26.6 Å². The van der Waals surface area contributed by atoms with Gasteiger partial charge in [0.25, 0.3) is 5.17 Å². The van der Waals surface area contributed by atoms with E-state index in [4.69, 9.17) is 30.6 Å². The molecule has 0 aliphatic carbocycles. The summed E-state index contributed by atoms with van der Waals surface area (Å²) in [7, 11) is -0.175. The summed E-state index contributed by atoms with van der Waals surface area (Å²) in [6, 6.07) is 4.28. The molecule has 0 unspecified atom stereocenters. The highest BCUT2D eigenvalue weighted by molar-refractivity contribution is 7.89. The van der Waals surface area contributed by atoms with Crippen LogP contribution in [0, 0.1) is 6.92 Å². The van der Waals surface area contributed by atoms with E-state index in [1.165, 1.54) is 33.5 Å². The maximum Gasteiger partial charge on any atom is 0.345 e. The molecule has 0 saturated heterocycles. The quantitative estimate of drug-likeness (QED) is 0.558. The first-order chi connectivity index (χ1) is 12.3. The van der Waals surface area contributed by atoms with E-state index in [1.54, 1.807) is 13.0 Å². The van der Waals surface area contributed by atoms with E-state index in [-0.39, 0.29) is 22.6 Å². The van der Waals surface area contributed by atoms with Crippen LogP contribution in [0.15, 0.2) is 23.1 Å². The number of hydrogen-bond donors (Lipinski definition) is 1. The van der Waals surface area contributed by atoms with Crippen LogP contribution in [0.25, 0.3) is 0 Å². The van der Waals surface area contributed by atoms with Crippen LogP contribution < -0.4 is 19.5 Å². The number of aromatic nitrogens is 3. The average molecular weight is 400 g/mol. The molecule has 0 spiro atoms. The zero-order valence-electron chi connectivity index (χ0n) is 14.3. The number of anilines is 1. The zero-order valence-corrected chi connectivity index (χ0v) is 16.0. The molecule has 1 heterocycles. The Morgan fingerprint density at radius 2 is 1.81 bits per heavy atom. The van der Waals surface area contributed by atoms with Crippen molar-refractivity contribution in [1.82, 2.24) is 15.0 Å². The third-order valence-electron chi connectivity index (χ3n) is 2.95. The van der Waals surface area contributed by atoms with Gasteiger partial charge in [0.2, 0.25) is 5.95 Å². The summed E-state index contributed by atoms with van der Waals surface area (Å²) in [5.74, 6) is 0.711. The van der Waals surface area contributed by atoms with E-state index in [2.05, 4.69) is 20.3 Å². The first kappa shape index (κ1) is 19.6. The van der Waals surface area contributed by atoms with Crippen LogP contribution >= 0.6 is 12.2 Å². The lowest BCUT2D eigenvalue weighted by atomic mass is 10.3. The summed E-state index contributed by atoms with van der Waals surface area (Å²) in [6.07, 6.45) is 0. The monoisotopic (exact) mass is 400 g/mol. The normalized spacial score (nSPS) is 10.8. The van der Waals surface area contributed by atoms with Gasteiger partial charge in [-0.1, -0.05) is 0 Å². The van der Waals surface area contributed by atoms with Gasteiger partial charge in [0, 0.05) is 6.07 Å². The maximum absolute atomic E-state index is 12.5. The molecule has 1 aromatic carbocycles. The highest BCUT2D eigenvalue weighted by atomic mass is 32.2. The second kappa shape index (κ2) is 8.10. The molecular weight excluding hydrogens is 384 g/mol. The minimum atomic E-state index is -4.29. The first-order valence-corrected chi connectivity index (χ1v) is 8.85. The van der Waals surface area contributed by atoms with E-state index in [0.29, 0.717) is 11.6 Å². The van der Waals surface area contributed by atoms with Gasteiger partial charge in [-0.3, -0.25) is 5.32 Å². The van der Waals surface area contributed by atoms with Crippen molar-refractivity contribution in [3.8, 4) is 17.5 Å². The Bertz CT molecular complexity index is 920. The molecule has 1 aromatic heterocycles. The standard InChI is InChI=1S/C14H16N4O6S2/c1-8-15-12(17-13(16-8)23-4)18-14(25)24-26(19,20)11-7-9(21-2)5-6-10(11)22-3/h5-7H,1-4H3,(H,15,16,17,18,25). The predicted octanol–water partition coefficient (Wildman–Crippen LogP) is 1.31. The summed E-state index contributed by atoms with van der Waals surface area (Å²) in [4.78, 5) is 11.5. The lowest BCUT2D eigenvalue weighted by Gasteiger charge is -2.12. The van der Waals surface area contributed by atoms with E-state index in [0.717, 1.165) is 0 Å². The summed E-state index contributed by atoms with van der Waals surface area (Å²) in [5, 5.41) is 1.98. The fourth-order valence-electron chi connectivity index (χ4n) is 1.84. The average Bonchev–Trinajstić information content (AvgIpc) is 2.59. The number of methoxy groups -OCH3 is 3. The molecule has 1 N–H and O–H groups in total. The van der Waals surface area contributed by atoms with Crippen molar-refractivity contribution in [2.45, 2.75) is 11.8 Å². The summed E-state index contributed by atoms with van der Waals surface area (Å²) >= 11 is 4.92. The Labute approximate surface area is 155 Å². The van der Waals surface area contributed by atoms with E-state index >= 15 is 0 Å². The minimum Gasteiger partial charge on any atom is -0.497 e. The molecule has 0 bridgehead atoms. The number of rotatable bonds is 6. The van der Waals surface area contributed by atoms with Gasteiger partial charge in [0.05, 0.1) is 21.3 Å². The van der Waals surface area contributed by atoms with Gasteiger partial charge in [-0.05, 0) is 31.3 Å². The Hall–Kier alpha value is -2.73. The molecule has 0 radical (unpaired) electrons. The number of ether oxygens (including phenoxy) is 3. The Balaban J connectivity index is 2.24. The number of hydrogen-bond acceptors (Lipinski definition) is 10. The van der Waals surface area contributed by atoms with E-state index in [1.807, 2.05) is 0 Å². The van der Waals surface area contributed by atoms with Gasteiger partial charge in [0.1, 0.15) is 17.3 Å². The van der Waals surface area contributed by atoms with Crippen molar-refractivity contribution in [3.63, 3.8) is 0 Å². The molecule has 0 aliphatic heterocycles. The van der Waals surface area contributed by atoms with Crippen molar-refractivity contribution >= 4 is 33.5 Å². The van der Waals surface area contributed by atoms with Crippen molar-refractivity contribution in [1.29, 1.82) is 0 Å². The number of nitrogens with zero attached hydrogens (tertiary/aromatic N) is 3. The van der Waals surface area contributed by atoms with Crippen molar-refractivity contribution in [3.05, 3.63) is 24.0 Å². The Morgan fingerprint density at radius 3 is 2.42 bits per heavy atom. The zero-order chi connectivity index (χ0) is 19.3. The van der Waals surface area contributed by atoms with Crippen LogP contribution in [0.2, 0.25) is 0 Å². The highest BCUT2D eigenvalue weighted by Crippen LogP contribution is 2.29. The van der Waals surface area contributed by atoms with Gasteiger partial charge in [-0.15, -0.1) is 0 Å². The van der Waals surface area contributed by atoms with Crippen LogP contribution in [0.1, 0.15) is 5.82 Å². The molecule has 2 rings (SSSR count). The topological polar surface area (TPSA) is 122 Å². The molecule has 0 amide bonds. The number of thiocarbonyl (C=S) groups is 1. The molecule has 10 nitrogen and oxygen atoms in total. The minimum absolute atomic E-state index is 0.0212. The molecule has 12 heteroatoms. The van der Waals surface area contributed by atoms with Crippen LogP contribution in [0.5, 0.6) is 17.5 Å². The van der Waals surface area contributed by atoms with Gasteiger partial charge < -0.3 is 18.4 Å². The van der Waals surface area contributed by atoms with Crippen molar-refractivity contribution < 1.29 is 26.8 Å². The number of aryl methyl sites for hydroxylation is 1. The molecule has 0 saturated carbocycles. The van der Waals surface area contributed by atoms with Gasteiger partial charge in [-0.2, -0.15) is 23.4 Å². The fraction of sp³-hybridized carbons (Fsp3) is 0.286. The number of nitrogens with one attached hydrogen (secondary N) is 1. The summed E-state index contributed by atoms with van der Waals surface area (Å²) in [6.45, 7) is 1.61. The van der Waals surface area contributed by atoms with Crippen molar-refractivity contribution in [2.24, 2.45) is 0 Å². The summed E-state index contributed by atoms with van der Waals surface area (Å²) < 4.78 is 44.9. The second-order valence-corrected chi connectivity index (χ2v) is 6.55. The highest BCUT2D eigenvalue weighted by Gasteiger charge is 2.24. The largest absolute Gasteiger partial charge is 0.497 e. The maximum atomic E-state index is 12.5. The number of benzene rings is 1. The third kappa shape index (κ3) is 4.67. The Morgan fingerprint density at radius 1 is 1.08 bits per heavy atom. The predicted molar refractivity (Wildman–Crippen MR) is 95.2 cm³/mol. The molecule has 26 heavy (non-hydrogen) atoms. The molecule has 0 fully saturated rings. The van der Waals surface area contributed by atoms with Crippen LogP contribution in [-0.2, 0) is 14.3 Å². The molecular formula is C14H16N4O6S2. The van der Waals surface area contributed by atoms with Crippen LogP contribution in [-0.4, -0.2) is 49.9 Å². The molecule has 140 valence electrons. The molecule has 2 aromatic rings. The lowest BCUT2D eigenvalue weighted by molar-refractivity contribution is 0.377. The van der Waals surface area contributed by atoms with Crippen LogP contribution in [0.4, 0.5) is 5.95 Å². The van der Waals surface area contributed by atoms with Gasteiger partial charge in [-0.25, -0.2) is 0 Å². The molecule has 0 aliphatic rings. The lowest BCUT2D eigenvalue weighted by Crippen LogP contribution is -2.21. The van der Waals surface area contributed by atoms with Crippen LogP contribution in [0.3, 0.4) is 0 Å². The van der Waals surface area contributed by atoms with E-state index in [9.17, 15) is 8.42 Å². The first-order valence-electron chi connectivity index (χ1n) is 7.03. The fourth-order valence-corrected chi connectivity index (χ4v) is 3.19.